The molecule has 0 spiro atoms. The zero-order valence-electron chi connectivity index (χ0n) is 15.4. The first kappa shape index (κ1) is 19.0. The summed E-state index contributed by atoms with van der Waals surface area (Å²) in [7, 11) is 1.54. The highest BCUT2D eigenvalue weighted by molar-refractivity contribution is 8.03. The minimum atomic E-state index is -0.638. The van der Waals surface area contributed by atoms with Crippen LogP contribution in [0.25, 0.3) is 5.57 Å². The fourth-order valence-corrected chi connectivity index (χ4v) is 4.06. The summed E-state index contributed by atoms with van der Waals surface area (Å²) in [6, 6.07) is 16.1. The van der Waals surface area contributed by atoms with Gasteiger partial charge in [0.1, 0.15) is 17.3 Å². The van der Waals surface area contributed by atoms with Gasteiger partial charge in [-0.3, -0.25) is 9.59 Å². The van der Waals surface area contributed by atoms with E-state index in [4.69, 9.17) is 9.15 Å². The van der Waals surface area contributed by atoms with Crippen molar-refractivity contribution < 1.29 is 23.1 Å². The van der Waals surface area contributed by atoms with Crippen LogP contribution in [0.3, 0.4) is 0 Å². The van der Waals surface area contributed by atoms with Crippen molar-refractivity contribution >= 4 is 34.8 Å². The number of furan rings is 1. The van der Waals surface area contributed by atoms with Crippen LogP contribution in [0.2, 0.25) is 0 Å². The summed E-state index contributed by atoms with van der Waals surface area (Å²) in [6.45, 7) is 0. The first-order chi connectivity index (χ1) is 14.1. The number of amides is 2. The fourth-order valence-electron chi connectivity index (χ4n) is 3.05. The number of anilines is 1. The third kappa shape index (κ3) is 3.56. The predicted octanol–water partition coefficient (Wildman–Crippen LogP) is 4.65. The Morgan fingerprint density at radius 2 is 1.76 bits per heavy atom. The van der Waals surface area contributed by atoms with Crippen LogP contribution in [0, 0.1) is 5.82 Å². The maximum absolute atomic E-state index is 14.3. The lowest BCUT2D eigenvalue weighted by molar-refractivity contribution is -0.119. The summed E-state index contributed by atoms with van der Waals surface area (Å²) in [5, 5.41) is 0. The Labute approximate surface area is 170 Å². The molecule has 2 amide bonds. The second-order valence-electron chi connectivity index (χ2n) is 6.20. The molecule has 1 aliphatic rings. The molecular formula is C22H16FNO4S. The number of para-hydroxylation sites is 1. The van der Waals surface area contributed by atoms with Gasteiger partial charge in [-0.15, -0.1) is 11.8 Å². The Hall–Kier alpha value is -3.32. The molecule has 5 nitrogen and oxygen atoms in total. The van der Waals surface area contributed by atoms with Crippen LogP contribution in [0.4, 0.5) is 10.1 Å². The Morgan fingerprint density at radius 1 is 1.00 bits per heavy atom. The first-order valence-electron chi connectivity index (χ1n) is 8.77. The van der Waals surface area contributed by atoms with Gasteiger partial charge in [0.2, 0.25) is 0 Å². The number of carbonyl (C=O) groups is 2. The topological polar surface area (TPSA) is 59.8 Å². The smallest absolute Gasteiger partial charge is 0.272 e. The quantitative estimate of drug-likeness (QED) is 0.555. The number of ether oxygens (including phenoxy) is 1. The van der Waals surface area contributed by atoms with Gasteiger partial charge in [0, 0.05) is 0 Å². The average Bonchev–Trinajstić information content (AvgIpc) is 3.33. The minimum absolute atomic E-state index is 0.0675. The fraction of sp³-hybridized carbons (Fsp3) is 0.0909. The molecule has 0 saturated carbocycles. The van der Waals surface area contributed by atoms with Crippen molar-refractivity contribution in [1.82, 2.24) is 0 Å². The number of halogens is 1. The number of nitrogens with zero attached hydrogens (tertiary/aromatic N) is 1. The van der Waals surface area contributed by atoms with Gasteiger partial charge in [0.15, 0.2) is 0 Å². The van der Waals surface area contributed by atoms with Gasteiger partial charge in [0.25, 0.3) is 11.8 Å². The van der Waals surface area contributed by atoms with Crippen molar-refractivity contribution in [3.63, 3.8) is 0 Å². The molecule has 2 aromatic carbocycles. The molecule has 0 bridgehead atoms. The highest BCUT2D eigenvalue weighted by atomic mass is 32.2. The van der Waals surface area contributed by atoms with Gasteiger partial charge < -0.3 is 9.15 Å². The van der Waals surface area contributed by atoms with Gasteiger partial charge >= 0.3 is 0 Å². The molecule has 0 atom stereocenters. The SMILES string of the molecule is COc1ccc(C2=C(SCc3ccco3)C(=O)N(c3ccccc3F)C2=O)cc1. The third-order valence-corrected chi connectivity index (χ3v) is 5.55. The largest absolute Gasteiger partial charge is 0.497 e. The van der Waals surface area contributed by atoms with Crippen molar-refractivity contribution in [1.29, 1.82) is 0 Å². The zero-order valence-corrected chi connectivity index (χ0v) is 16.2. The van der Waals surface area contributed by atoms with Crippen LogP contribution in [-0.2, 0) is 15.3 Å². The lowest BCUT2D eigenvalue weighted by Gasteiger charge is -2.15. The summed E-state index contributed by atoms with van der Waals surface area (Å²) < 4.78 is 24.8. The van der Waals surface area contributed by atoms with Gasteiger partial charge in [-0.2, -0.15) is 0 Å². The third-order valence-electron chi connectivity index (χ3n) is 4.45. The number of rotatable bonds is 6. The van der Waals surface area contributed by atoms with Crippen LogP contribution >= 0.6 is 11.8 Å². The van der Waals surface area contributed by atoms with E-state index < -0.39 is 17.6 Å². The highest BCUT2D eigenvalue weighted by Gasteiger charge is 2.41. The van der Waals surface area contributed by atoms with Gasteiger partial charge in [-0.05, 0) is 42.0 Å². The standard InChI is InChI=1S/C22H16FNO4S/c1-27-15-10-8-14(9-11-15)19-20(29-13-16-5-4-12-28-16)22(26)24(21(19)25)18-7-3-2-6-17(18)23/h2-12H,13H2,1H3. The summed E-state index contributed by atoms with van der Waals surface area (Å²) in [5.41, 5.74) is 0.726. The van der Waals surface area contributed by atoms with Crippen LogP contribution in [0.1, 0.15) is 11.3 Å². The molecule has 0 radical (unpaired) electrons. The maximum Gasteiger partial charge on any atom is 0.272 e. The number of benzene rings is 2. The number of hydrogen-bond donors (Lipinski definition) is 0. The molecule has 3 aromatic rings. The number of thioether (sulfide) groups is 1. The Bertz CT molecular complexity index is 1090. The van der Waals surface area contributed by atoms with Gasteiger partial charge in [-0.25, -0.2) is 9.29 Å². The van der Waals surface area contributed by atoms with E-state index in [9.17, 15) is 14.0 Å². The predicted molar refractivity (Wildman–Crippen MR) is 109 cm³/mol. The molecule has 1 aromatic heterocycles. The van der Waals surface area contributed by atoms with Crippen molar-refractivity contribution in [2.75, 3.05) is 12.0 Å². The molecule has 0 fully saturated rings. The van der Waals surface area contributed by atoms with E-state index in [1.807, 2.05) is 0 Å². The van der Waals surface area contributed by atoms with E-state index in [1.54, 1.807) is 55.8 Å². The van der Waals surface area contributed by atoms with Crippen molar-refractivity contribution in [2.24, 2.45) is 0 Å². The molecule has 146 valence electrons. The number of carbonyl (C=O) groups excluding carboxylic acids is 2. The van der Waals surface area contributed by atoms with Crippen molar-refractivity contribution in [2.45, 2.75) is 5.75 Å². The molecule has 0 saturated heterocycles. The van der Waals surface area contributed by atoms with E-state index in [-0.39, 0.29) is 16.2 Å². The molecule has 0 unspecified atom stereocenters. The maximum atomic E-state index is 14.3. The number of methoxy groups -OCH3 is 1. The molecule has 4 rings (SSSR count). The molecule has 1 aliphatic heterocycles. The zero-order chi connectivity index (χ0) is 20.4. The van der Waals surface area contributed by atoms with Crippen LogP contribution < -0.4 is 9.64 Å². The van der Waals surface area contributed by atoms with E-state index in [0.29, 0.717) is 22.8 Å². The minimum Gasteiger partial charge on any atom is -0.497 e. The molecule has 2 heterocycles. The normalized spacial score (nSPS) is 14.1. The van der Waals surface area contributed by atoms with Crippen molar-refractivity contribution in [3.8, 4) is 5.75 Å². The van der Waals surface area contributed by atoms with Crippen molar-refractivity contribution in [3.05, 3.63) is 89.0 Å². The Kier molecular flexibility index (Phi) is 5.22. The number of hydrogen-bond acceptors (Lipinski definition) is 5. The van der Waals surface area contributed by atoms with E-state index in [1.165, 1.54) is 30.0 Å². The molecule has 7 heteroatoms. The lowest BCUT2D eigenvalue weighted by atomic mass is 10.1. The Balaban J connectivity index is 1.76. The average molecular weight is 409 g/mol. The second-order valence-corrected chi connectivity index (χ2v) is 7.18. The van der Waals surface area contributed by atoms with Crippen LogP contribution in [-0.4, -0.2) is 18.9 Å². The summed E-state index contributed by atoms with van der Waals surface area (Å²) in [5.74, 6) is -0.0927. The molecule has 0 aliphatic carbocycles. The van der Waals surface area contributed by atoms with E-state index >= 15 is 0 Å². The van der Waals surface area contributed by atoms with E-state index in [2.05, 4.69) is 0 Å². The molecule has 29 heavy (non-hydrogen) atoms. The first-order valence-corrected chi connectivity index (χ1v) is 9.76. The summed E-state index contributed by atoms with van der Waals surface area (Å²) in [6.07, 6.45) is 1.54. The summed E-state index contributed by atoms with van der Waals surface area (Å²) in [4.78, 5) is 27.5. The summed E-state index contributed by atoms with van der Waals surface area (Å²) >= 11 is 1.19. The van der Waals surface area contributed by atoms with E-state index in [0.717, 1.165) is 4.90 Å². The monoisotopic (exact) mass is 409 g/mol. The van der Waals surface area contributed by atoms with Crippen LogP contribution in [0.5, 0.6) is 5.75 Å². The lowest BCUT2D eigenvalue weighted by Crippen LogP contribution is -2.32. The molecule has 0 N–H and O–H groups in total. The highest BCUT2D eigenvalue weighted by Crippen LogP contribution is 2.40. The van der Waals surface area contributed by atoms with Crippen LogP contribution in [0.15, 0.2) is 76.2 Å². The Morgan fingerprint density at radius 3 is 2.41 bits per heavy atom. The molecular weight excluding hydrogens is 393 g/mol. The second kappa shape index (κ2) is 7.97. The van der Waals surface area contributed by atoms with Gasteiger partial charge in [0.05, 0.1) is 35.3 Å². The number of imide groups is 1. The van der Waals surface area contributed by atoms with Gasteiger partial charge in [-0.1, -0.05) is 24.3 Å².